The van der Waals surface area contributed by atoms with E-state index < -0.39 is 0 Å². The molecular formula is C18H25N3O2. The van der Waals surface area contributed by atoms with Crippen LogP contribution in [0.2, 0.25) is 0 Å². The minimum atomic E-state index is 0.0619. The Labute approximate surface area is 138 Å². The number of benzene rings is 1. The Morgan fingerprint density at radius 2 is 1.96 bits per heavy atom. The quantitative estimate of drug-likeness (QED) is 0.851. The molecule has 1 heterocycles. The molecule has 2 rings (SSSR count). The van der Waals surface area contributed by atoms with Gasteiger partial charge in [-0.05, 0) is 52.2 Å². The fourth-order valence-corrected chi connectivity index (χ4v) is 2.10. The van der Waals surface area contributed by atoms with Crippen LogP contribution in [0.1, 0.15) is 13.8 Å². The second-order valence-corrected chi connectivity index (χ2v) is 5.92. The number of nitrogen functional groups attached to an aromatic ring is 1. The van der Waals surface area contributed by atoms with E-state index in [4.69, 9.17) is 15.2 Å². The number of hydrogen-bond acceptors (Lipinski definition) is 5. The molecule has 1 aromatic heterocycles. The Morgan fingerprint density at radius 3 is 2.61 bits per heavy atom. The summed E-state index contributed by atoms with van der Waals surface area (Å²) in [6.07, 6.45) is 0.0619. The average molecular weight is 315 g/mol. The molecule has 0 aliphatic carbocycles. The van der Waals surface area contributed by atoms with Crippen molar-refractivity contribution in [1.82, 2.24) is 9.88 Å². The van der Waals surface area contributed by atoms with Crippen LogP contribution in [0.4, 0.5) is 5.82 Å². The summed E-state index contributed by atoms with van der Waals surface area (Å²) >= 11 is 0. The van der Waals surface area contributed by atoms with E-state index >= 15 is 0 Å². The zero-order chi connectivity index (χ0) is 16.8. The van der Waals surface area contributed by atoms with Crippen LogP contribution in [0.15, 0.2) is 36.4 Å². The van der Waals surface area contributed by atoms with Crippen molar-refractivity contribution in [2.75, 3.05) is 33.0 Å². The van der Waals surface area contributed by atoms with Gasteiger partial charge in [-0.2, -0.15) is 0 Å². The van der Waals surface area contributed by atoms with Crippen LogP contribution >= 0.6 is 0 Å². The largest absolute Gasteiger partial charge is 0.492 e. The summed E-state index contributed by atoms with van der Waals surface area (Å²) in [7, 11) is 4.04. The van der Waals surface area contributed by atoms with Crippen molar-refractivity contribution in [1.29, 1.82) is 0 Å². The number of anilines is 1. The number of pyridine rings is 1. The van der Waals surface area contributed by atoms with E-state index in [1.807, 2.05) is 58.3 Å². The van der Waals surface area contributed by atoms with E-state index in [1.165, 1.54) is 0 Å². The number of nitrogens with zero attached hydrogens (tertiary/aromatic N) is 2. The van der Waals surface area contributed by atoms with E-state index in [2.05, 4.69) is 9.88 Å². The number of ether oxygens (including phenoxy) is 2. The number of aromatic nitrogens is 1. The van der Waals surface area contributed by atoms with Gasteiger partial charge in [0.2, 0.25) is 0 Å². The summed E-state index contributed by atoms with van der Waals surface area (Å²) in [6, 6.07) is 11.4. The standard InChI is InChI=1S/C18H25N3O2/c1-13(2)23-17-12-14(22-11-10-21(3)4)8-9-15(17)16-6-5-7-18(19)20-16/h5-9,12-13H,10-11H2,1-4H3,(H2,19,20). The fourth-order valence-electron chi connectivity index (χ4n) is 2.10. The topological polar surface area (TPSA) is 60.6 Å². The summed E-state index contributed by atoms with van der Waals surface area (Å²) in [4.78, 5) is 6.46. The normalized spacial score (nSPS) is 11.0. The van der Waals surface area contributed by atoms with Crippen LogP contribution in [0.25, 0.3) is 11.3 Å². The van der Waals surface area contributed by atoms with E-state index in [0.717, 1.165) is 29.3 Å². The first kappa shape index (κ1) is 17.1. The van der Waals surface area contributed by atoms with Crippen molar-refractivity contribution in [3.63, 3.8) is 0 Å². The summed E-state index contributed by atoms with van der Waals surface area (Å²) < 4.78 is 11.7. The van der Waals surface area contributed by atoms with Gasteiger partial charge in [0.15, 0.2) is 0 Å². The van der Waals surface area contributed by atoms with Gasteiger partial charge in [-0.25, -0.2) is 4.98 Å². The fraction of sp³-hybridized carbons (Fsp3) is 0.389. The molecule has 124 valence electrons. The lowest BCUT2D eigenvalue weighted by Crippen LogP contribution is -2.19. The summed E-state index contributed by atoms with van der Waals surface area (Å²) in [5, 5.41) is 0. The van der Waals surface area contributed by atoms with E-state index in [-0.39, 0.29) is 6.10 Å². The average Bonchev–Trinajstić information content (AvgIpc) is 2.46. The highest BCUT2D eigenvalue weighted by Gasteiger charge is 2.11. The number of nitrogens with two attached hydrogens (primary N) is 1. The lowest BCUT2D eigenvalue weighted by Gasteiger charge is -2.16. The van der Waals surface area contributed by atoms with Gasteiger partial charge in [-0.1, -0.05) is 6.07 Å². The molecule has 0 bridgehead atoms. The highest BCUT2D eigenvalue weighted by Crippen LogP contribution is 2.33. The van der Waals surface area contributed by atoms with Crippen molar-refractivity contribution in [2.45, 2.75) is 20.0 Å². The van der Waals surface area contributed by atoms with Gasteiger partial charge >= 0.3 is 0 Å². The lowest BCUT2D eigenvalue weighted by molar-refractivity contribution is 0.238. The molecule has 1 aromatic carbocycles. The molecule has 0 aliphatic rings. The van der Waals surface area contributed by atoms with Gasteiger partial charge in [-0.3, -0.25) is 0 Å². The van der Waals surface area contributed by atoms with Crippen LogP contribution in [0.3, 0.4) is 0 Å². The molecule has 0 amide bonds. The maximum Gasteiger partial charge on any atom is 0.132 e. The highest BCUT2D eigenvalue weighted by atomic mass is 16.5. The van der Waals surface area contributed by atoms with E-state index in [0.29, 0.717) is 12.4 Å². The van der Waals surface area contributed by atoms with Crippen LogP contribution < -0.4 is 15.2 Å². The van der Waals surface area contributed by atoms with Crippen molar-refractivity contribution >= 4 is 5.82 Å². The van der Waals surface area contributed by atoms with Gasteiger partial charge in [0.1, 0.15) is 23.9 Å². The summed E-state index contributed by atoms with van der Waals surface area (Å²) in [5.41, 5.74) is 7.49. The number of likely N-dealkylation sites (N-methyl/N-ethyl adjacent to an activating group) is 1. The Hall–Kier alpha value is -2.27. The molecule has 0 fully saturated rings. The van der Waals surface area contributed by atoms with E-state index in [1.54, 1.807) is 6.07 Å². The van der Waals surface area contributed by atoms with Gasteiger partial charge in [0.05, 0.1) is 11.8 Å². The first-order valence-electron chi connectivity index (χ1n) is 7.77. The monoisotopic (exact) mass is 315 g/mol. The van der Waals surface area contributed by atoms with E-state index in [9.17, 15) is 0 Å². The smallest absolute Gasteiger partial charge is 0.132 e. The molecule has 0 saturated carbocycles. The third kappa shape index (κ3) is 5.14. The first-order valence-corrected chi connectivity index (χ1v) is 7.77. The van der Waals surface area contributed by atoms with Gasteiger partial charge in [-0.15, -0.1) is 0 Å². The SMILES string of the molecule is CC(C)Oc1cc(OCCN(C)C)ccc1-c1cccc(N)n1. The predicted molar refractivity (Wildman–Crippen MR) is 93.9 cm³/mol. The van der Waals surface area contributed by atoms with Crippen molar-refractivity contribution in [3.05, 3.63) is 36.4 Å². The zero-order valence-corrected chi connectivity index (χ0v) is 14.2. The molecule has 0 aliphatic heterocycles. The third-order valence-electron chi connectivity index (χ3n) is 3.17. The molecule has 5 heteroatoms. The highest BCUT2D eigenvalue weighted by molar-refractivity contribution is 5.69. The second kappa shape index (κ2) is 7.83. The lowest BCUT2D eigenvalue weighted by atomic mass is 10.1. The van der Waals surface area contributed by atoms with Gasteiger partial charge in [0, 0.05) is 18.2 Å². The van der Waals surface area contributed by atoms with Crippen LogP contribution in [0.5, 0.6) is 11.5 Å². The van der Waals surface area contributed by atoms with Gasteiger partial charge in [0.25, 0.3) is 0 Å². The Bertz CT molecular complexity index is 642. The van der Waals surface area contributed by atoms with Crippen LogP contribution in [0, 0.1) is 0 Å². The Kier molecular flexibility index (Phi) is 5.82. The molecule has 5 nitrogen and oxygen atoms in total. The molecule has 2 aromatic rings. The third-order valence-corrected chi connectivity index (χ3v) is 3.17. The van der Waals surface area contributed by atoms with Crippen LogP contribution in [-0.4, -0.2) is 43.2 Å². The molecule has 0 atom stereocenters. The van der Waals surface area contributed by atoms with Crippen molar-refractivity contribution < 1.29 is 9.47 Å². The van der Waals surface area contributed by atoms with Crippen LogP contribution in [-0.2, 0) is 0 Å². The Balaban J connectivity index is 2.27. The number of rotatable bonds is 7. The summed E-state index contributed by atoms with van der Waals surface area (Å²) in [5.74, 6) is 2.03. The van der Waals surface area contributed by atoms with Crippen molar-refractivity contribution in [2.24, 2.45) is 0 Å². The maximum atomic E-state index is 5.94. The molecule has 0 unspecified atom stereocenters. The summed E-state index contributed by atoms with van der Waals surface area (Å²) in [6.45, 7) is 5.48. The molecular weight excluding hydrogens is 290 g/mol. The predicted octanol–water partition coefficient (Wildman–Crippen LogP) is 3.06. The first-order chi connectivity index (χ1) is 11.0. The molecule has 23 heavy (non-hydrogen) atoms. The number of hydrogen-bond donors (Lipinski definition) is 1. The second-order valence-electron chi connectivity index (χ2n) is 5.92. The Morgan fingerprint density at radius 1 is 1.17 bits per heavy atom. The molecule has 0 radical (unpaired) electrons. The zero-order valence-electron chi connectivity index (χ0n) is 14.2. The maximum absolute atomic E-state index is 5.94. The molecule has 2 N–H and O–H groups in total. The minimum Gasteiger partial charge on any atom is -0.492 e. The molecule has 0 saturated heterocycles. The van der Waals surface area contributed by atoms with Crippen molar-refractivity contribution in [3.8, 4) is 22.8 Å². The minimum absolute atomic E-state index is 0.0619. The van der Waals surface area contributed by atoms with Gasteiger partial charge < -0.3 is 20.1 Å². The molecule has 0 spiro atoms.